The zero-order chi connectivity index (χ0) is 15.8. The third kappa shape index (κ3) is 2.79. The van der Waals surface area contributed by atoms with Crippen molar-refractivity contribution in [3.63, 3.8) is 0 Å². The molecule has 0 amide bonds. The predicted octanol–water partition coefficient (Wildman–Crippen LogP) is 1.76. The van der Waals surface area contributed by atoms with Gasteiger partial charge in [0.2, 0.25) is 5.89 Å². The van der Waals surface area contributed by atoms with Crippen molar-refractivity contribution in [2.75, 3.05) is 6.61 Å². The van der Waals surface area contributed by atoms with Crippen molar-refractivity contribution in [1.29, 1.82) is 0 Å². The number of carbonyl (C=O) groups is 1. The zero-order valence-corrected chi connectivity index (χ0v) is 12.6. The summed E-state index contributed by atoms with van der Waals surface area (Å²) in [4.78, 5) is 16.0. The summed E-state index contributed by atoms with van der Waals surface area (Å²) in [6, 6.07) is 3.98. The van der Waals surface area contributed by atoms with E-state index in [1.807, 2.05) is 18.3 Å². The van der Waals surface area contributed by atoms with Gasteiger partial charge in [-0.15, -0.1) is 10.2 Å². The highest BCUT2D eigenvalue weighted by Crippen LogP contribution is 2.38. The van der Waals surface area contributed by atoms with Gasteiger partial charge in [0.25, 0.3) is 0 Å². The van der Waals surface area contributed by atoms with Crippen LogP contribution in [-0.2, 0) is 11.2 Å². The van der Waals surface area contributed by atoms with E-state index in [0.717, 1.165) is 17.0 Å². The molecule has 8 nitrogen and oxygen atoms in total. The summed E-state index contributed by atoms with van der Waals surface area (Å²) in [5.41, 5.74) is 2.63. The molecule has 0 spiro atoms. The van der Waals surface area contributed by atoms with E-state index in [1.54, 1.807) is 11.4 Å². The Kier molecular flexibility index (Phi) is 3.29. The summed E-state index contributed by atoms with van der Waals surface area (Å²) in [6.07, 6.45) is 4.60. The molecule has 1 fully saturated rings. The second-order valence-corrected chi connectivity index (χ2v) is 5.47. The highest BCUT2D eigenvalue weighted by molar-refractivity contribution is 5.83. The van der Waals surface area contributed by atoms with E-state index in [0.29, 0.717) is 18.2 Å². The van der Waals surface area contributed by atoms with Crippen LogP contribution < -0.4 is 0 Å². The summed E-state index contributed by atoms with van der Waals surface area (Å²) < 4.78 is 11.9. The van der Waals surface area contributed by atoms with Crippen LogP contribution in [0.4, 0.5) is 0 Å². The van der Waals surface area contributed by atoms with Gasteiger partial charge in [-0.1, -0.05) is 0 Å². The average molecular weight is 313 g/mol. The Hall–Kier alpha value is -2.77. The Balaban J connectivity index is 1.54. The summed E-state index contributed by atoms with van der Waals surface area (Å²) >= 11 is 0. The van der Waals surface area contributed by atoms with Crippen molar-refractivity contribution in [3.05, 3.63) is 41.5 Å². The van der Waals surface area contributed by atoms with Gasteiger partial charge >= 0.3 is 11.9 Å². The second kappa shape index (κ2) is 5.45. The molecule has 1 saturated carbocycles. The lowest BCUT2D eigenvalue weighted by Gasteiger charge is -1.96. The van der Waals surface area contributed by atoms with Crippen LogP contribution in [0.1, 0.15) is 53.6 Å². The molecule has 1 aliphatic rings. The molecule has 4 rings (SSSR count). The maximum Gasteiger partial charge on any atom is 0.396 e. The summed E-state index contributed by atoms with van der Waals surface area (Å²) in [7, 11) is 0. The van der Waals surface area contributed by atoms with Gasteiger partial charge in [-0.2, -0.15) is 5.10 Å². The number of fused-ring (bicyclic) bond motifs is 1. The van der Waals surface area contributed by atoms with E-state index in [2.05, 4.69) is 20.3 Å². The highest BCUT2D eigenvalue weighted by atomic mass is 16.5. The van der Waals surface area contributed by atoms with Crippen molar-refractivity contribution in [3.8, 4) is 0 Å². The third-order valence-electron chi connectivity index (χ3n) is 3.64. The fourth-order valence-electron chi connectivity index (χ4n) is 2.38. The Morgan fingerprint density at radius 3 is 3.04 bits per heavy atom. The topological polar surface area (TPSA) is 95.4 Å². The lowest BCUT2D eigenvalue weighted by molar-refractivity contribution is 0.0479. The molecule has 0 saturated heterocycles. The number of ether oxygens (including phenoxy) is 1. The van der Waals surface area contributed by atoms with Gasteiger partial charge in [0.1, 0.15) is 0 Å². The largest absolute Gasteiger partial charge is 0.459 e. The molecular weight excluding hydrogens is 298 g/mol. The van der Waals surface area contributed by atoms with Gasteiger partial charge in [-0.25, -0.2) is 14.3 Å². The molecule has 0 N–H and O–H groups in total. The van der Waals surface area contributed by atoms with E-state index >= 15 is 0 Å². The van der Waals surface area contributed by atoms with Gasteiger partial charge in [-0.3, -0.25) is 0 Å². The molecule has 8 heteroatoms. The van der Waals surface area contributed by atoms with Crippen LogP contribution in [0.2, 0.25) is 0 Å². The Labute approximate surface area is 131 Å². The molecular formula is C15H15N5O3. The van der Waals surface area contributed by atoms with Crippen molar-refractivity contribution >= 4 is 11.6 Å². The van der Waals surface area contributed by atoms with Gasteiger partial charge in [0, 0.05) is 5.92 Å². The van der Waals surface area contributed by atoms with Gasteiger partial charge in [0.15, 0.2) is 5.65 Å². The quantitative estimate of drug-likeness (QED) is 0.662. The lowest BCUT2D eigenvalue weighted by atomic mass is 10.3. The first kappa shape index (κ1) is 13.9. The molecule has 118 valence electrons. The minimum atomic E-state index is -0.614. The van der Waals surface area contributed by atoms with Crippen LogP contribution in [0.25, 0.3) is 5.65 Å². The van der Waals surface area contributed by atoms with Crippen molar-refractivity contribution in [2.45, 2.75) is 32.1 Å². The first-order valence-corrected chi connectivity index (χ1v) is 7.57. The Bertz CT molecular complexity index is 865. The minimum Gasteiger partial charge on any atom is -0.459 e. The fraction of sp³-hybridized carbons (Fsp3) is 0.400. The van der Waals surface area contributed by atoms with Gasteiger partial charge < -0.3 is 9.15 Å². The van der Waals surface area contributed by atoms with Crippen LogP contribution in [0, 0.1) is 0 Å². The summed E-state index contributed by atoms with van der Waals surface area (Å²) in [6.45, 7) is 1.98. The summed E-state index contributed by atoms with van der Waals surface area (Å²) in [5, 5.41) is 12.1. The van der Waals surface area contributed by atoms with E-state index < -0.39 is 5.97 Å². The number of nitrogens with zero attached hydrogens (tertiary/aromatic N) is 5. The van der Waals surface area contributed by atoms with E-state index in [1.165, 1.54) is 12.8 Å². The van der Waals surface area contributed by atoms with Crippen LogP contribution in [0.3, 0.4) is 0 Å². The van der Waals surface area contributed by atoms with E-state index in [4.69, 9.17) is 9.15 Å². The predicted molar refractivity (Wildman–Crippen MR) is 78.0 cm³/mol. The first-order chi connectivity index (χ1) is 11.2. The number of rotatable bonds is 5. The molecule has 0 aliphatic heterocycles. The molecule has 3 aromatic heterocycles. The van der Waals surface area contributed by atoms with Crippen LogP contribution >= 0.6 is 0 Å². The molecule has 0 radical (unpaired) electrons. The monoisotopic (exact) mass is 313 g/mol. The Morgan fingerprint density at radius 1 is 1.39 bits per heavy atom. The normalized spacial score (nSPS) is 14.3. The SMILES string of the molecule is CCOC(=O)c1nnc(Cc2cn3nc(C4CC4)ccc3n2)o1. The van der Waals surface area contributed by atoms with Crippen molar-refractivity contribution in [1.82, 2.24) is 24.8 Å². The second-order valence-electron chi connectivity index (χ2n) is 5.47. The van der Waals surface area contributed by atoms with Gasteiger partial charge in [-0.05, 0) is 31.9 Å². The van der Waals surface area contributed by atoms with Crippen LogP contribution in [0.15, 0.2) is 22.7 Å². The van der Waals surface area contributed by atoms with Crippen LogP contribution in [0.5, 0.6) is 0 Å². The van der Waals surface area contributed by atoms with Crippen molar-refractivity contribution in [2.24, 2.45) is 0 Å². The molecule has 0 atom stereocenters. The average Bonchev–Trinajstić information content (AvgIpc) is 3.15. The van der Waals surface area contributed by atoms with Crippen molar-refractivity contribution < 1.29 is 13.9 Å². The number of carbonyl (C=O) groups excluding carboxylic acids is 1. The standard InChI is InChI=1S/C15H15N5O3/c1-2-22-15(21)14-18-17-13(23-14)7-10-8-20-12(16-10)6-5-11(19-20)9-3-4-9/h5-6,8-9H,2-4,7H2,1H3. The smallest absolute Gasteiger partial charge is 0.396 e. The molecule has 0 bridgehead atoms. The molecule has 3 aromatic rings. The van der Waals surface area contributed by atoms with E-state index in [-0.39, 0.29) is 12.5 Å². The molecule has 3 heterocycles. The number of esters is 1. The maximum atomic E-state index is 11.5. The number of imidazole rings is 1. The number of hydrogen-bond donors (Lipinski definition) is 0. The number of hydrogen-bond acceptors (Lipinski definition) is 7. The fourth-order valence-corrected chi connectivity index (χ4v) is 2.38. The lowest BCUT2D eigenvalue weighted by Crippen LogP contribution is -2.04. The molecule has 23 heavy (non-hydrogen) atoms. The highest BCUT2D eigenvalue weighted by Gasteiger charge is 2.25. The molecule has 0 unspecified atom stereocenters. The zero-order valence-electron chi connectivity index (χ0n) is 12.6. The number of aromatic nitrogens is 5. The minimum absolute atomic E-state index is 0.139. The van der Waals surface area contributed by atoms with Crippen LogP contribution in [-0.4, -0.2) is 37.4 Å². The maximum absolute atomic E-state index is 11.5. The van der Waals surface area contributed by atoms with Gasteiger partial charge in [0.05, 0.1) is 30.6 Å². The molecule has 1 aliphatic carbocycles. The molecule has 0 aromatic carbocycles. The van der Waals surface area contributed by atoms with E-state index in [9.17, 15) is 4.79 Å². The first-order valence-electron chi connectivity index (χ1n) is 7.57. The third-order valence-corrected chi connectivity index (χ3v) is 3.64. The summed E-state index contributed by atoms with van der Waals surface area (Å²) in [5.74, 6) is 0.156. The Morgan fingerprint density at radius 2 is 2.26 bits per heavy atom.